The van der Waals surface area contributed by atoms with Gasteiger partial charge in [0.25, 0.3) is 0 Å². The molecule has 2 heterocycles. The van der Waals surface area contributed by atoms with Crippen LogP contribution in [0, 0.1) is 13.8 Å². The first kappa shape index (κ1) is 17.9. The van der Waals surface area contributed by atoms with Crippen molar-refractivity contribution in [3.05, 3.63) is 29.3 Å². The zero-order valence-electron chi connectivity index (χ0n) is 15.4. The molecule has 1 N–H and O–H groups in total. The molecule has 5 heteroatoms. The van der Waals surface area contributed by atoms with Crippen LogP contribution in [0.1, 0.15) is 43.2 Å². The topological polar surface area (TPSA) is 52.7 Å². The Morgan fingerprint density at radius 2 is 2.08 bits per heavy atom. The number of rotatable bonds is 5. The maximum atomic E-state index is 12.3. The lowest BCUT2D eigenvalue weighted by molar-refractivity contribution is -0.130. The lowest BCUT2D eigenvalue weighted by atomic mass is 10.0. The first-order chi connectivity index (χ1) is 12.0. The number of aryl methyl sites for hydroxylation is 2. The predicted molar refractivity (Wildman–Crippen MR) is 99.6 cm³/mol. The number of anilines is 1. The van der Waals surface area contributed by atoms with Crippen LogP contribution in [-0.4, -0.2) is 53.8 Å². The molecule has 2 saturated heterocycles. The highest BCUT2D eigenvalue weighted by Gasteiger charge is 2.31. The van der Waals surface area contributed by atoms with Crippen molar-refractivity contribution in [2.45, 2.75) is 52.0 Å². The number of amides is 2. The van der Waals surface area contributed by atoms with E-state index in [1.54, 1.807) is 0 Å². The van der Waals surface area contributed by atoms with Gasteiger partial charge in [0, 0.05) is 44.2 Å². The van der Waals surface area contributed by atoms with Crippen LogP contribution in [0.5, 0.6) is 0 Å². The Morgan fingerprint density at radius 3 is 2.80 bits per heavy atom. The number of carbonyl (C=O) groups excluding carboxylic acids is 2. The van der Waals surface area contributed by atoms with Gasteiger partial charge in [0.15, 0.2) is 0 Å². The third-order valence-corrected chi connectivity index (χ3v) is 5.34. The summed E-state index contributed by atoms with van der Waals surface area (Å²) < 4.78 is 0. The smallest absolute Gasteiger partial charge is 0.225 e. The van der Waals surface area contributed by atoms with E-state index in [4.69, 9.17) is 0 Å². The quantitative estimate of drug-likeness (QED) is 0.894. The average Bonchev–Trinajstić information content (AvgIpc) is 3.02. The summed E-state index contributed by atoms with van der Waals surface area (Å²) in [5.41, 5.74) is 3.19. The number of benzene rings is 1. The molecular weight excluding hydrogens is 314 g/mol. The van der Waals surface area contributed by atoms with Crippen LogP contribution in [0.4, 0.5) is 5.69 Å². The molecule has 0 unspecified atom stereocenters. The van der Waals surface area contributed by atoms with Gasteiger partial charge in [0.05, 0.1) is 0 Å². The Morgan fingerprint density at radius 1 is 1.24 bits per heavy atom. The second kappa shape index (κ2) is 8.00. The molecule has 136 valence electrons. The maximum Gasteiger partial charge on any atom is 0.225 e. The third kappa shape index (κ3) is 4.60. The summed E-state index contributed by atoms with van der Waals surface area (Å²) in [4.78, 5) is 28.6. The molecule has 0 spiro atoms. The number of hydrogen-bond acceptors (Lipinski definition) is 3. The van der Waals surface area contributed by atoms with Crippen molar-refractivity contribution in [3.63, 3.8) is 0 Å². The summed E-state index contributed by atoms with van der Waals surface area (Å²) >= 11 is 0. The fourth-order valence-corrected chi connectivity index (χ4v) is 3.97. The van der Waals surface area contributed by atoms with Crippen LogP contribution < -0.4 is 5.32 Å². The highest BCUT2D eigenvalue weighted by Crippen LogP contribution is 2.22. The number of nitrogens with zero attached hydrogens (tertiary/aromatic N) is 2. The van der Waals surface area contributed by atoms with Crippen molar-refractivity contribution in [2.75, 3.05) is 31.5 Å². The van der Waals surface area contributed by atoms with E-state index in [0.29, 0.717) is 24.8 Å². The predicted octanol–water partition coefficient (Wildman–Crippen LogP) is 2.72. The van der Waals surface area contributed by atoms with Gasteiger partial charge in [0.2, 0.25) is 11.8 Å². The van der Waals surface area contributed by atoms with Crippen molar-refractivity contribution in [3.8, 4) is 0 Å². The van der Waals surface area contributed by atoms with Gasteiger partial charge in [-0.1, -0.05) is 17.7 Å². The second-order valence-electron chi connectivity index (χ2n) is 7.40. The molecule has 3 rings (SSSR count). The van der Waals surface area contributed by atoms with Gasteiger partial charge < -0.3 is 15.1 Å². The molecule has 0 bridgehead atoms. The number of hydrogen-bond donors (Lipinski definition) is 1. The van der Waals surface area contributed by atoms with Crippen LogP contribution in [0.15, 0.2) is 18.2 Å². The molecule has 5 nitrogen and oxygen atoms in total. The van der Waals surface area contributed by atoms with E-state index in [-0.39, 0.29) is 5.91 Å². The maximum absolute atomic E-state index is 12.3. The number of likely N-dealkylation sites (tertiary alicyclic amines) is 2. The highest BCUT2D eigenvalue weighted by atomic mass is 16.2. The van der Waals surface area contributed by atoms with Crippen molar-refractivity contribution in [2.24, 2.45) is 0 Å². The molecule has 25 heavy (non-hydrogen) atoms. The zero-order chi connectivity index (χ0) is 17.8. The van der Waals surface area contributed by atoms with E-state index in [0.717, 1.165) is 56.7 Å². The van der Waals surface area contributed by atoms with Crippen LogP contribution in [0.3, 0.4) is 0 Å². The summed E-state index contributed by atoms with van der Waals surface area (Å²) in [5.74, 6) is 0.366. The van der Waals surface area contributed by atoms with E-state index in [9.17, 15) is 9.59 Å². The van der Waals surface area contributed by atoms with Crippen LogP contribution in [-0.2, 0) is 9.59 Å². The van der Waals surface area contributed by atoms with E-state index in [1.807, 2.05) is 19.1 Å². The van der Waals surface area contributed by atoms with Crippen LogP contribution in [0.25, 0.3) is 0 Å². The van der Waals surface area contributed by atoms with Gasteiger partial charge in [-0.25, -0.2) is 0 Å². The molecule has 0 radical (unpaired) electrons. The van der Waals surface area contributed by atoms with Gasteiger partial charge in [-0.15, -0.1) is 0 Å². The van der Waals surface area contributed by atoms with Crippen molar-refractivity contribution < 1.29 is 9.59 Å². The minimum atomic E-state index is 0.0614. The molecule has 2 amide bonds. The molecule has 0 saturated carbocycles. The summed E-state index contributed by atoms with van der Waals surface area (Å²) in [6.07, 6.45) is 4.39. The molecule has 1 aromatic carbocycles. The lowest BCUT2D eigenvalue weighted by Crippen LogP contribution is -2.48. The molecule has 1 atom stereocenters. The first-order valence-corrected chi connectivity index (χ1v) is 9.42. The lowest BCUT2D eigenvalue weighted by Gasteiger charge is -2.37. The summed E-state index contributed by atoms with van der Waals surface area (Å²) in [7, 11) is 0. The Bertz CT molecular complexity index is 644. The monoisotopic (exact) mass is 343 g/mol. The summed E-state index contributed by atoms with van der Waals surface area (Å²) in [6.45, 7) is 7.67. The summed E-state index contributed by atoms with van der Waals surface area (Å²) in [5, 5.41) is 3.02. The number of nitrogens with one attached hydrogen (secondary N) is 1. The standard InChI is InChI=1S/C20H29N3O2/c1-15-7-8-18(16(2)13-15)21-19(24)9-12-22-10-3-5-17(14-22)23-11-4-6-20(23)25/h7-8,13,17H,3-6,9-12,14H2,1-2H3,(H,21,24)/t17-/m0/s1. The van der Waals surface area contributed by atoms with Crippen molar-refractivity contribution >= 4 is 17.5 Å². The van der Waals surface area contributed by atoms with Crippen molar-refractivity contribution in [1.29, 1.82) is 0 Å². The van der Waals surface area contributed by atoms with Crippen molar-refractivity contribution in [1.82, 2.24) is 9.80 Å². The van der Waals surface area contributed by atoms with E-state index in [1.165, 1.54) is 5.56 Å². The number of carbonyl (C=O) groups is 2. The molecule has 1 aromatic rings. The molecule has 0 aromatic heterocycles. The largest absolute Gasteiger partial charge is 0.338 e. The average molecular weight is 343 g/mol. The molecule has 2 fully saturated rings. The SMILES string of the molecule is Cc1ccc(NC(=O)CCN2CCC[C@H](N3CCCC3=O)C2)c(C)c1. The van der Waals surface area contributed by atoms with Gasteiger partial charge in [0.1, 0.15) is 0 Å². The van der Waals surface area contributed by atoms with E-state index in [2.05, 4.69) is 28.1 Å². The highest BCUT2D eigenvalue weighted by molar-refractivity contribution is 5.91. The minimum absolute atomic E-state index is 0.0614. The molecule has 2 aliphatic rings. The van der Waals surface area contributed by atoms with Gasteiger partial charge in [-0.2, -0.15) is 0 Å². The Hall–Kier alpha value is -1.88. The van der Waals surface area contributed by atoms with Crippen LogP contribution >= 0.6 is 0 Å². The summed E-state index contributed by atoms with van der Waals surface area (Å²) in [6, 6.07) is 6.41. The van der Waals surface area contributed by atoms with Crippen LogP contribution in [0.2, 0.25) is 0 Å². The van der Waals surface area contributed by atoms with Gasteiger partial charge >= 0.3 is 0 Å². The Labute approximate surface area is 150 Å². The Balaban J connectivity index is 1.47. The zero-order valence-corrected chi connectivity index (χ0v) is 15.4. The van der Waals surface area contributed by atoms with Gasteiger partial charge in [-0.3, -0.25) is 9.59 Å². The molecule has 0 aliphatic carbocycles. The van der Waals surface area contributed by atoms with E-state index >= 15 is 0 Å². The second-order valence-corrected chi connectivity index (χ2v) is 7.40. The Kier molecular flexibility index (Phi) is 5.74. The normalized spacial score (nSPS) is 21.6. The fourth-order valence-electron chi connectivity index (χ4n) is 3.97. The van der Waals surface area contributed by atoms with E-state index < -0.39 is 0 Å². The third-order valence-electron chi connectivity index (χ3n) is 5.34. The van der Waals surface area contributed by atoms with Gasteiger partial charge in [-0.05, 0) is 51.3 Å². The first-order valence-electron chi connectivity index (χ1n) is 9.42. The fraction of sp³-hybridized carbons (Fsp3) is 0.600. The molecule has 2 aliphatic heterocycles. The molecular formula is C20H29N3O2. The minimum Gasteiger partial charge on any atom is -0.338 e. The number of piperidine rings is 1.